The van der Waals surface area contributed by atoms with E-state index >= 15 is 4.57 Å². The van der Waals surface area contributed by atoms with Gasteiger partial charge in [0.05, 0.1) is 34.7 Å². The van der Waals surface area contributed by atoms with Crippen molar-refractivity contribution in [2.24, 2.45) is 0 Å². The Balaban J connectivity index is 1.41. The molecule has 9 rings (SSSR count). The average Bonchev–Trinajstić information content (AvgIpc) is 4.04. The Morgan fingerprint density at radius 2 is 1.44 bits per heavy atom. The van der Waals surface area contributed by atoms with Gasteiger partial charge in [-0.05, 0) is 52.9 Å². The first-order valence-electron chi connectivity index (χ1n) is 16.5. The molecule has 0 saturated carbocycles. The van der Waals surface area contributed by atoms with Crippen LogP contribution in [-0.4, -0.2) is 43.2 Å². The van der Waals surface area contributed by atoms with Gasteiger partial charge in [0.25, 0.3) is 0 Å². The van der Waals surface area contributed by atoms with Gasteiger partial charge in [-0.15, -0.1) is 0 Å². The molecular weight excluding hydrogens is 621 g/mol. The summed E-state index contributed by atoms with van der Waals surface area (Å²) >= 11 is 0. The minimum Gasteiger partial charge on any atom is -0.489 e. The Labute approximate surface area is 279 Å². The van der Waals surface area contributed by atoms with Crippen LogP contribution in [0.25, 0.3) is 38.6 Å². The first-order valence-corrected chi connectivity index (χ1v) is 18.1. The zero-order valence-electron chi connectivity index (χ0n) is 27.1. The maximum atomic E-state index is 15.9. The summed E-state index contributed by atoms with van der Waals surface area (Å²) in [6, 6.07) is 34.4. The monoisotopic (exact) mass is 657 g/mol. The van der Waals surface area contributed by atoms with Gasteiger partial charge in [0, 0.05) is 22.7 Å². The highest BCUT2D eigenvalue weighted by Crippen LogP contribution is 2.57. The van der Waals surface area contributed by atoms with Crippen molar-refractivity contribution in [3.63, 3.8) is 0 Å². The molecule has 0 spiro atoms. The molecule has 3 aliphatic heterocycles. The van der Waals surface area contributed by atoms with Gasteiger partial charge in [0.1, 0.15) is 48.2 Å². The first-order chi connectivity index (χ1) is 23.3. The molecule has 6 aromatic rings. The van der Waals surface area contributed by atoms with E-state index in [0.717, 1.165) is 38.6 Å². The van der Waals surface area contributed by atoms with Gasteiger partial charge in [0.2, 0.25) is 0 Å². The SMILES string of the molecule is CC(C)(C)c1ccc2c(c1)c1c(OCC3CO3)c(P3(=O)Oc4ccccc4-c4ccccc43)cc(OCC3CO3)c1n2-c1ccccc1. The number of nitrogens with zero attached hydrogens (tertiary/aromatic N) is 1. The van der Waals surface area contributed by atoms with Crippen LogP contribution in [-0.2, 0) is 19.5 Å². The van der Waals surface area contributed by atoms with Crippen LogP contribution in [0.2, 0.25) is 0 Å². The van der Waals surface area contributed by atoms with Crippen molar-refractivity contribution in [3.05, 3.63) is 109 Å². The van der Waals surface area contributed by atoms with Crippen molar-refractivity contribution in [1.82, 2.24) is 4.57 Å². The maximum absolute atomic E-state index is 15.9. The van der Waals surface area contributed by atoms with Gasteiger partial charge in [-0.2, -0.15) is 0 Å². The Hall–Kier alpha value is -4.55. The first kappa shape index (κ1) is 29.6. The molecule has 0 N–H and O–H groups in total. The molecule has 4 heterocycles. The minimum atomic E-state index is -3.80. The maximum Gasteiger partial charge on any atom is 0.311 e. The van der Waals surface area contributed by atoms with E-state index in [4.69, 9.17) is 23.5 Å². The van der Waals surface area contributed by atoms with Crippen LogP contribution < -0.4 is 24.6 Å². The second kappa shape index (κ2) is 11.0. The quantitative estimate of drug-likeness (QED) is 0.122. The van der Waals surface area contributed by atoms with E-state index in [1.165, 1.54) is 5.56 Å². The summed E-state index contributed by atoms with van der Waals surface area (Å²) < 4.78 is 49.4. The summed E-state index contributed by atoms with van der Waals surface area (Å²) in [5.41, 5.74) is 5.68. The molecule has 1 aromatic heterocycles. The molecule has 3 unspecified atom stereocenters. The smallest absolute Gasteiger partial charge is 0.311 e. The van der Waals surface area contributed by atoms with Crippen molar-refractivity contribution in [3.8, 4) is 34.1 Å². The molecule has 8 heteroatoms. The highest BCUT2D eigenvalue weighted by molar-refractivity contribution is 7.75. The number of rotatable bonds is 8. The summed E-state index contributed by atoms with van der Waals surface area (Å²) in [7, 11) is -3.80. The molecule has 48 heavy (non-hydrogen) atoms. The molecule has 7 nitrogen and oxygen atoms in total. The van der Waals surface area contributed by atoms with E-state index in [1.54, 1.807) is 0 Å². The zero-order chi connectivity index (χ0) is 32.6. The van der Waals surface area contributed by atoms with Crippen LogP contribution in [0.15, 0.2) is 103 Å². The number of benzene rings is 5. The molecule has 2 saturated heterocycles. The molecule has 2 fully saturated rings. The number of hydrogen-bond donors (Lipinski definition) is 0. The van der Waals surface area contributed by atoms with Gasteiger partial charge in [-0.25, -0.2) is 0 Å². The van der Waals surface area contributed by atoms with E-state index < -0.39 is 7.37 Å². The molecule has 0 radical (unpaired) electrons. The van der Waals surface area contributed by atoms with Crippen LogP contribution in [0.1, 0.15) is 26.3 Å². The Bertz CT molecular complexity index is 2260. The second-order valence-electron chi connectivity index (χ2n) is 13.8. The van der Waals surface area contributed by atoms with Gasteiger partial charge < -0.3 is 28.0 Å². The second-order valence-corrected chi connectivity index (χ2v) is 16.0. The highest BCUT2D eigenvalue weighted by Gasteiger charge is 2.43. The van der Waals surface area contributed by atoms with Gasteiger partial charge in [-0.1, -0.05) is 81.4 Å². The van der Waals surface area contributed by atoms with E-state index in [9.17, 15) is 0 Å². The van der Waals surface area contributed by atoms with Crippen LogP contribution in [0, 0.1) is 0 Å². The average molecular weight is 658 g/mol. The molecule has 0 aliphatic carbocycles. The Morgan fingerprint density at radius 3 is 2.17 bits per heavy atom. The third-order valence-electron chi connectivity index (χ3n) is 9.39. The predicted molar refractivity (Wildman–Crippen MR) is 189 cm³/mol. The fraction of sp³-hybridized carbons (Fsp3) is 0.250. The van der Waals surface area contributed by atoms with Crippen LogP contribution in [0.5, 0.6) is 17.2 Å². The standard InChI is InChI=1S/C40H36NO6P/c1-40(2,3)25-17-18-32-31(19-25)37-38(41(32)26-11-5-4-6-12-26)34(45-23-27-21-43-27)20-36(39(37)46-24-28-22-44-28)48(42)35-16-10-8-14-30(35)29-13-7-9-15-33(29)47-48/h4-20,27-28H,21-24H2,1-3H3. The van der Waals surface area contributed by atoms with Crippen LogP contribution in [0.4, 0.5) is 0 Å². The molecule has 0 amide bonds. The number of fused-ring (bicyclic) bond motifs is 6. The van der Waals surface area contributed by atoms with Crippen LogP contribution in [0.3, 0.4) is 0 Å². The molecule has 0 bridgehead atoms. The lowest BCUT2D eigenvalue weighted by atomic mass is 9.86. The van der Waals surface area contributed by atoms with Gasteiger partial charge in [-0.3, -0.25) is 4.57 Å². The van der Waals surface area contributed by atoms with Gasteiger partial charge in [0.15, 0.2) is 0 Å². The van der Waals surface area contributed by atoms with Crippen molar-refractivity contribution < 1.29 is 28.0 Å². The Morgan fingerprint density at radius 1 is 0.771 bits per heavy atom. The van der Waals surface area contributed by atoms with Crippen molar-refractivity contribution in [2.75, 3.05) is 26.4 Å². The summed E-state index contributed by atoms with van der Waals surface area (Å²) in [5, 5.41) is 2.92. The fourth-order valence-corrected chi connectivity index (χ4v) is 9.13. The minimum absolute atomic E-state index is 0.0167. The number of epoxide rings is 2. The van der Waals surface area contributed by atoms with E-state index in [1.807, 2.05) is 72.8 Å². The third kappa shape index (κ3) is 4.92. The van der Waals surface area contributed by atoms with E-state index in [0.29, 0.717) is 54.3 Å². The molecular formula is C40H36NO6P. The van der Waals surface area contributed by atoms with Crippen molar-refractivity contribution in [1.29, 1.82) is 0 Å². The number of hydrogen-bond acceptors (Lipinski definition) is 6. The third-order valence-corrected chi connectivity index (χ3v) is 11.8. The fourth-order valence-electron chi connectivity index (χ4n) is 6.71. The summed E-state index contributed by atoms with van der Waals surface area (Å²) in [4.78, 5) is 0. The topological polar surface area (TPSA) is 74.8 Å². The van der Waals surface area contributed by atoms with E-state index in [-0.39, 0.29) is 17.6 Å². The number of para-hydroxylation sites is 2. The molecule has 242 valence electrons. The largest absolute Gasteiger partial charge is 0.489 e. The normalized spacial score (nSPS) is 21.0. The van der Waals surface area contributed by atoms with E-state index in [2.05, 4.69) is 55.7 Å². The number of ether oxygens (including phenoxy) is 4. The Kier molecular flexibility index (Phi) is 6.77. The molecule has 3 aliphatic rings. The zero-order valence-corrected chi connectivity index (χ0v) is 28.0. The lowest BCUT2D eigenvalue weighted by Crippen LogP contribution is -2.27. The highest BCUT2D eigenvalue weighted by atomic mass is 31.2. The van der Waals surface area contributed by atoms with Crippen molar-refractivity contribution in [2.45, 2.75) is 38.4 Å². The lowest BCUT2D eigenvalue weighted by molar-refractivity contribution is 0.262. The van der Waals surface area contributed by atoms with Gasteiger partial charge >= 0.3 is 7.37 Å². The summed E-state index contributed by atoms with van der Waals surface area (Å²) in [6.07, 6.45) is -0.00676. The molecule has 5 aromatic carbocycles. The van der Waals surface area contributed by atoms with Crippen LogP contribution >= 0.6 is 7.37 Å². The molecule has 3 atom stereocenters. The number of aromatic nitrogens is 1. The van der Waals surface area contributed by atoms with Crippen molar-refractivity contribution >= 4 is 39.8 Å². The predicted octanol–water partition coefficient (Wildman–Crippen LogP) is 7.92. The summed E-state index contributed by atoms with van der Waals surface area (Å²) in [5.74, 6) is 1.70. The lowest BCUT2D eigenvalue weighted by Gasteiger charge is -2.30. The summed E-state index contributed by atoms with van der Waals surface area (Å²) in [6.45, 7) is 8.62.